The van der Waals surface area contributed by atoms with E-state index in [0.717, 1.165) is 5.56 Å². The van der Waals surface area contributed by atoms with Gasteiger partial charge in [-0.1, -0.05) is 30.3 Å². The minimum atomic E-state index is -3.82. The van der Waals surface area contributed by atoms with Gasteiger partial charge in [-0.15, -0.1) is 0 Å². The zero-order valence-electron chi connectivity index (χ0n) is 15.2. The van der Waals surface area contributed by atoms with Gasteiger partial charge in [0.1, 0.15) is 6.04 Å². The summed E-state index contributed by atoms with van der Waals surface area (Å²) in [5, 5.41) is 5.54. The van der Waals surface area contributed by atoms with Crippen LogP contribution in [-0.4, -0.2) is 37.1 Å². The third-order valence-corrected chi connectivity index (χ3v) is 7.03. The van der Waals surface area contributed by atoms with E-state index in [0.29, 0.717) is 37.2 Å². The van der Waals surface area contributed by atoms with Crippen LogP contribution in [0.3, 0.4) is 0 Å². The highest BCUT2D eigenvalue weighted by molar-refractivity contribution is 7.89. The van der Waals surface area contributed by atoms with Crippen molar-refractivity contribution in [2.75, 3.05) is 11.9 Å². The Morgan fingerprint density at radius 1 is 1.18 bits per heavy atom. The molecule has 1 fully saturated rings. The van der Waals surface area contributed by atoms with Crippen LogP contribution in [0.25, 0.3) is 0 Å². The monoisotopic (exact) mass is 399 g/mol. The minimum absolute atomic E-state index is 0.116. The van der Waals surface area contributed by atoms with Crippen LogP contribution < -0.4 is 10.6 Å². The summed E-state index contributed by atoms with van der Waals surface area (Å²) in [5.41, 5.74) is 2.26. The first-order valence-corrected chi connectivity index (χ1v) is 10.7. The van der Waals surface area contributed by atoms with Crippen LogP contribution in [0.4, 0.5) is 5.69 Å². The average molecular weight is 399 g/mol. The van der Waals surface area contributed by atoms with E-state index in [1.54, 1.807) is 6.07 Å². The molecule has 0 saturated carbocycles. The number of sulfonamides is 1. The van der Waals surface area contributed by atoms with Crippen LogP contribution in [0.1, 0.15) is 24.0 Å². The van der Waals surface area contributed by atoms with Crippen LogP contribution in [0.5, 0.6) is 0 Å². The molecule has 8 heteroatoms. The lowest BCUT2D eigenvalue weighted by molar-refractivity contribution is -0.124. The van der Waals surface area contributed by atoms with Gasteiger partial charge in [-0.25, -0.2) is 8.42 Å². The summed E-state index contributed by atoms with van der Waals surface area (Å²) in [6.07, 6.45) is 1.29. The van der Waals surface area contributed by atoms with Crippen molar-refractivity contribution in [3.63, 3.8) is 0 Å². The van der Waals surface area contributed by atoms with Crippen molar-refractivity contribution in [1.82, 2.24) is 9.62 Å². The highest BCUT2D eigenvalue weighted by atomic mass is 32.2. The molecule has 2 aliphatic rings. The van der Waals surface area contributed by atoms with Gasteiger partial charge in [-0.2, -0.15) is 4.31 Å². The van der Waals surface area contributed by atoms with E-state index in [4.69, 9.17) is 0 Å². The topological polar surface area (TPSA) is 95.6 Å². The molecule has 0 radical (unpaired) electrons. The number of nitrogens with one attached hydrogen (secondary N) is 2. The van der Waals surface area contributed by atoms with Crippen molar-refractivity contribution < 1.29 is 18.0 Å². The summed E-state index contributed by atoms with van der Waals surface area (Å²) in [4.78, 5) is 24.3. The van der Waals surface area contributed by atoms with Crippen LogP contribution in [0, 0.1) is 0 Å². The SMILES string of the molecule is O=C1Cc2cc(S(=O)(=O)N3CCC[C@H]3C(=O)NCc3ccccc3)ccc2N1. The lowest BCUT2D eigenvalue weighted by atomic mass is 10.2. The quantitative estimate of drug-likeness (QED) is 0.799. The van der Waals surface area contributed by atoms with Gasteiger partial charge in [0, 0.05) is 18.8 Å². The molecule has 0 aliphatic carbocycles. The second-order valence-corrected chi connectivity index (χ2v) is 8.91. The number of hydrogen-bond donors (Lipinski definition) is 2. The van der Waals surface area contributed by atoms with Gasteiger partial charge in [0.05, 0.1) is 11.3 Å². The van der Waals surface area contributed by atoms with Crippen LogP contribution in [0.15, 0.2) is 53.4 Å². The molecule has 0 aromatic heterocycles. The van der Waals surface area contributed by atoms with E-state index in [1.165, 1.54) is 16.4 Å². The van der Waals surface area contributed by atoms with Crippen molar-refractivity contribution in [3.05, 3.63) is 59.7 Å². The summed E-state index contributed by atoms with van der Waals surface area (Å²) >= 11 is 0. The Morgan fingerprint density at radius 3 is 2.75 bits per heavy atom. The molecule has 0 bridgehead atoms. The molecule has 4 rings (SSSR count). The van der Waals surface area contributed by atoms with Crippen LogP contribution >= 0.6 is 0 Å². The number of amides is 2. The molecule has 2 N–H and O–H groups in total. The molecule has 7 nitrogen and oxygen atoms in total. The Morgan fingerprint density at radius 2 is 1.96 bits per heavy atom. The smallest absolute Gasteiger partial charge is 0.243 e. The van der Waals surface area contributed by atoms with Crippen molar-refractivity contribution in [2.45, 2.75) is 36.7 Å². The fourth-order valence-corrected chi connectivity index (χ4v) is 5.40. The zero-order chi connectivity index (χ0) is 19.7. The van der Waals surface area contributed by atoms with Crippen molar-refractivity contribution in [3.8, 4) is 0 Å². The van der Waals surface area contributed by atoms with Crippen molar-refractivity contribution in [1.29, 1.82) is 0 Å². The zero-order valence-corrected chi connectivity index (χ0v) is 16.0. The van der Waals surface area contributed by atoms with E-state index < -0.39 is 16.1 Å². The average Bonchev–Trinajstić information content (AvgIpc) is 3.32. The number of anilines is 1. The predicted octanol–water partition coefficient (Wildman–Crippen LogP) is 1.65. The van der Waals surface area contributed by atoms with E-state index >= 15 is 0 Å². The first-order chi connectivity index (χ1) is 13.4. The van der Waals surface area contributed by atoms with E-state index in [-0.39, 0.29) is 23.1 Å². The van der Waals surface area contributed by atoms with Gasteiger partial charge in [0.2, 0.25) is 21.8 Å². The molecule has 146 valence electrons. The number of benzene rings is 2. The maximum atomic E-state index is 13.1. The lowest BCUT2D eigenvalue weighted by Gasteiger charge is -2.23. The van der Waals surface area contributed by atoms with E-state index in [9.17, 15) is 18.0 Å². The Kier molecular flexibility index (Phi) is 4.91. The van der Waals surface area contributed by atoms with Crippen LogP contribution in [0.2, 0.25) is 0 Å². The molecule has 28 heavy (non-hydrogen) atoms. The number of fused-ring (bicyclic) bond motifs is 1. The minimum Gasteiger partial charge on any atom is -0.351 e. The molecule has 2 aliphatic heterocycles. The Balaban J connectivity index is 1.51. The number of rotatable bonds is 5. The third kappa shape index (κ3) is 3.53. The largest absolute Gasteiger partial charge is 0.351 e. The van der Waals surface area contributed by atoms with Gasteiger partial charge < -0.3 is 10.6 Å². The Hall–Kier alpha value is -2.71. The Labute approximate surface area is 163 Å². The summed E-state index contributed by atoms with van der Waals surface area (Å²) in [6.45, 7) is 0.663. The molecule has 2 amide bonds. The first-order valence-electron chi connectivity index (χ1n) is 9.21. The normalized spacial score (nSPS) is 19.3. The molecular formula is C20H21N3O4S. The summed E-state index contributed by atoms with van der Waals surface area (Å²) in [6, 6.07) is 13.4. The number of nitrogens with zero attached hydrogens (tertiary/aromatic N) is 1. The number of hydrogen-bond acceptors (Lipinski definition) is 4. The fraction of sp³-hybridized carbons (Fsp3) is 0.300. The fourth-order valence-electron chi connectivity index (χ4n) is 3.69. The lowest BCUT2D eigenvalue weighted by Crippen LogP contribution is -2.45. The van der Waals surface area contributed by atoms with E-state index in [1.807, 2.05) is 30.3 Å². The van der Waals surface area contributed by atoms with Gasteiger partial charge in [0.25, 0.3) is 0 Å². The highest BCUT2D eigenvalue weighted by Gasteiger charge is 2.39. The van der Waals surface area contributed by atoms with Crippen LogP contribution in [-0.2, 0) is 32.6 Å². The maximum absolute atomic E-state index is 13.1. The summed E-state index contributed by atoms with van der Waals surface area (Å²) in [7, 11) is -3.82. The maximum Gasteiger partial charge on any atom is 0.243 e. The second-order valence-electron chi connectivity index (χ2n) is 7.02. The molecule has 0 spiro atoms. The van der Waals surface area contributed by atoms with Gasteiger partial charge >= 0.3 is 0 Å². The summed E-state index contributed by atoms with van der Waals surface area (Å²) < 4.78 is 27.6. The number of carbonyl (C=O) groups excluding carboxylic acids is 2. The molecular weight excluding hydrogens is 378 g/mol. The predicted molar refractivity (Wildman–Crippen MR) is 104 cm³/mol. The Bertz CT molecular complexity index is 1020. The third-order valence-electron chi connectivity index (χ3n) is 5.12. The molecule has 2 aromatic rings. The highest BCUT2D eigenvalue weighted by Crippen LogP contribution is 2.30. The summed E-state index contributed by atoms with van der Waals surface area (Å²) in [5.74, 6) is -0.438. The van der Waals surface area contributed by atoms with Gasteiger partial charge in [-0.05, 0) is 42.2 Å². The standard InChI is InChI=1S/C20H21N3O4S/c24-19-12-15-11-16(8-9-17(15)22-19)28(26,27)23-10-4-7-18(23)20(25)21-13-14-5-2-1-3-6-14/h1-3,5-6,8-9,11,18H,4,7,10,12-13H2,(H,21,25)(H,22,24)/t18-/m0/s1. The van der Waals surface area contributed by atoms with Crippen molar-refractivity contribution >= 4 is 27.5 Å². The number of carbonyl (C=O) groups is 2. The molecule has 2 aromatic carbocycles. The molecule has 0 unspecified atom stereocenters. The second kappa shape index (κ2) is 7.37. The first kappa shape index (κ1) is 18.6. The molecule has 1 saturated heterocycles. The van der Waals surface area contributed by atoms with Crippen molar-refractivity contribution in [2.24, 2.45) is 0 Å². The molecule has 2 heterocycles. The molecule has 1 atom stereocenters. The van der Waals surface area contributed by atoms with Gasteiger partial charge in [-0.3, -0.25) is 9.59 Å². The van der Waals surface area contributed by atoms with Gasteiger partial charge in [0.15, 0.2) is 0 Å². The van der Waals surface area contributed by atoms with E-state index in [2.05, 4.69) is 10.6 Å².